The third-order valence-electron chi connectivity index (χ3n) is 3.70. The number of carbonyl (C=O) groups is 1. The molecule has 2 aromatic carbocycles. The van der Waals surface area contributed by atoms with E-state index < -0.39 is 11.6 Å². The summed E-state index contributed by atoms with van der Waals surface area (Å²) in [4.78, 5) is 30.7. The lowest BCUT2D eigenvalue weighted by molar-refractivity contribution is 0.102. The Labute approximate surface area is 149 Å². The number of methoxy groups -OCH3 is 2. The summed E-state index contributed by atoms with van der Waals surface area (Å²) in [6.45, 7) is 0. The highest BCUT2D eigenvalue weighted by Crippen LogP contribution is 2.29. The van der Waals surface area contributed by atoms with Crippen LogP contribution in [0.1, 0.15) is 10.5 Å². The minimum absolute atomic E-state index is 0.110. The van der Waals surface area contributed by atoms with Crippen LogP contribution in [0.5, 0.6) is 11.5 Å². The van der Waals surface area contributed by atoms with Gasteiger partial charge in [-0.1, -0.05) is 30.3 Å². The molecule has 1 amide bonds. The first-order valence-corrected chi connectivity index (χ1v) is 7.81. The minimum atomic E-state index is -0.594. The van der Waals surface area contributed by atoms with E-state index in [2.05, 4.69) is 15.3 Å². The molecule has 0 aliphatic rings. The van der Waals surface area contributed by atoms with Gasteiger partial charge in [0.05, 0.1) is 19.9 Å². The smallest absolute Gasteiger partial charge is 0.346 e. The number of benzene rings is 2. The highest BCUT2D eigenvalue weighted by molar-refractivity contribution is 6.03. The molecule has 1 heterocycles. The predicted molar refractivity (Wildman–Crippen MR) is 97.8 cm³/mol. The van der Waals surface area contributed by atoms with Gasteiger partial charge in [-0.15, -0.1) is 0 Å². The summed E-state index contributed by atoms with van der Waals surface area (Å²) in [6, 6.07) is 15.7. The Morgan fingerprint density at radius 2 is 1.73 bits per heavy atom. The van der Waals surface area contributed by atoms with Gasteiger partial charge in [-0.2, -0.15) is 4.98 Å². The molecule has 0 aliphatic carbocycles. The number of ether oxygens (including phenoxy) is 2. The molecule has 132 valence electrons. The van der Waals surface area contributed by atoms with Crippen molar-refractivity contribution in [3.8, 4) is 22.8 Å². The second-order valence-electron chi connectivity index (χ2n) is 5.38. The van der Waals surface area contributed by atoms with Gasteiger partial charge in [0.15, 0.2) is 11.5 Å². The number of hydrogen-bond acceptors (Lipinski definition) is 5. The zero-order chi connectivity index (χ0) is 18.5. The van der Waals surface area contributed by atoms with Crippen molar-refractivity contribution in [1.29, 1.82) is 0 Å². The quantitative estimate of drug-likeness (QED) is 0.737. The molecule has 7 heteroatoms. The van der Waals surface area contributed by atoms with Gasteiger partial charge in [-0.05, 0) is 18.2 Å². The number of amides is 1. The van der Waals surface area contributed by atoms with Gasteiger partial charge in [0, 0.05) is 17.3 Å². The van der Waals surface area contributed by atoms with Crippen LogP contribution in [0.25, 0.3) is 11.3 Å². The molecule has 0 unspecified atom stereocenters. The summed E-state index contributed by atoms with van der Waals surface area (Å²) in [5, 5.41) is 2.72. The van der Waals surface area contributed by atoms with Crippen molar-refractivity contribution in [2.24, 2.45) is 0 Å². The summed E-state index contributed by atoms with van der Waals surface area (Å²) in [7, 11) is 3.04. The van der Waals surface area contributed by atoms with Gasteiger partial charge in [0.1, 0.15) is 5.69 Å². The Kier molecular flexibility index (Phi) is 4.98. The molecule has 2 N–H and O–H groups in total. The normalized spacial score (nSPS) is 10.2. The van der Waals surface area contributed by atoms with Crippen molar-refractivity contribution < 1.29 is 14.3 Å². The van der Waals surface area contributed by atoms with E-state index in [0.717, 1.165) is 5.56 Å². The Bertz CT molecular complexity index is 984. The Balaban J connectivity index is 1.89. The molecule has 0 fully saturated rings. The standard InChI is InChI=1S/C19H17N3O4/c1-25-16-9-8-13(10-17(16)26-2)20-18(23)15-11-14(21-19(24)22-15)12-6-4-3-5-7-12/h3-11H,1-2H3,(H,20,23)(H,21,22,24). The van der Waals surface area contributed by atoms with Crippen LogP contribution in [-0.2, 0) is 0 Å². The SMILES string of the molecule is COc1ccc(NC(=O)c2cc(-c3ccccc3)nc(=O)[nH]2)cc1OC. The molecule has 1 aromatic heterocycles. The molecular weight excluding hydrogens is 334 g/mol. The highest BCUT2D eigenvalue weighted by Gasteiger charge is 2.12. The fraction of sp³-hybridized carbons (Fsp3) is 0.105. The second kappa shape index (κ2) is 7.52. The fourth-order valence-electron chi connectivity index (χ4n) is 2.45. The molecule has 3 aromatic rings. The first-order valence-electron chi connectivity index (χ1n) is 7.81. The number of anilines is 1. The first-order chi connectivity index (χ1) is 12.6. The topological polar surface area (TPSA) is 93.3 Å². The van der Waals surface area contributed by atoms with Crippen LogP contribution in [-0.4, -0.2) is 30.1 Å². The molecule has 26 heavy (non-hydrogen) atoms. The molecule has 0 atom stereocenters. The average molecular weight is 351 g/mol. The predicted octanol–water partition coefficient (Wildman–Crippen LogP) is 2.71. The lowest BCUT2D eigenvalue weighted by Gasteiger charge is -2.11. The minimum Gasteiger partial charge on any atom is -0.493 e. The third kappa shape index (κ3) is 3.72. The number of nitrogens with one attached hydrogen (secondary N) is 2. The molecule has 0 spiro atoms. The van der Waals surface area contributed by atoms with Crippen LogP contribution in [0.3, 0.4) is 0 Å². The lowest BCUT2D eigenvalue weighted by Crippen LogP contribution is -2.21. The Morgan fingerprint density at radius 3 is 2.42 bits per heavy atom. The first kappa shape index (κ1) is 17.2. The summed E-state index contributed by atoms with van der Waals surface area (Å²) in [6.07, 6.45) is 0. The van der Waals surface area contributed by atoms with Crippen molar-refractivity contribution in [3.63, 3.8) is 0 Å². The number of nitrogens with zero attached hydrogens (tertiary/aromatic N) is 1. The number of hydrogen-bond donors (Lipinski definition) is 2. The van der Waals surface area contributed by atoms with E-state index >= 15 is 0 Å². The molecule has 0 radical (unpaired) electrons. The van der Waals surface area contributed by atoms with Crippen molar-refractivity contribution in [2.75, 3.05) is 19.5 Å². The van der Waals surface area contributed by atoms with Crippen molar-refractivity contribution in [1.82, 2.24) is 9.97 Å². The molecule has 0 aliphatic heterocycles. The second-order valence-corrected chi connectivity index (χ2v) is 5.38. The zero-order valence-electron chi connectivity index (χ0n) is 14.3. The van der Waals surface area contributed by atoms with E-state index in [-0.39, 0.29) is 5.69 Å². The van der Waals surface area contributed by atoms with Crippen LogP contribution in [0, 0.1) is 0 Å². The Hall–Kier alpha value is -3.61. The van der Waals surface area contributed by atoms with E-state index in [1.54, 1.807) is 18.2 Å². The summed E-state index contributed by atoms with van der Waals surface area (Å²) >= 11 is 0. The number of H-pyrrole nitrogens is 1. The van der Waals surface area contributed by atoms with E-state index in [1.165, 1.54) is 20.3 Å². The van der Waals surface area contributed by atoms with Gasteiger partial charge >= 0.3 is 5.69 Å². The van der Waals surface area contributed by atoms with E-state index in [1.807, 2.05) is 30.3 Å². The van der Waals surface area contributed by atoms with Crippen LogP contribution in [0.15, 0.2) is 59.4 Å². The van der Waals surface area contributed by atoms with Crippen LogP contribution >= 0.6 is 0 Å². The van der Waals surface area contributed by atoms with Gasteiger partial charge in [0.2, 0.25) is 0 Å². The van der Waals surface area contributed by atoms with Crippen molar-refractivity contribution in [3.05, 3.63) is 70.8 Å². The largest absolute Gasteiger partial charge is 0.493 e. The maximum Gasteiger partial charge on any atom is 0.346 e. The maximum atomic E-state index is 12.5. The summed E-state index contributed by atoms with van der Waals surface area (Å²) in [5.41, 5.74) is 1.19. The number of aromatic amines is 1. The van der Waals surface area contributed by atoms with Gasteiger partial charge < -0.3 is 19.8 Å². The van der Waals surface area contributed by atoms with Crippen molar-refractivity contribution >= 4 is 11.6 Å². The van der Waals surface area contributed by atoms with E-state index in [9.17, 15) is 9.59 Å². The van der Waals surface area contributed by atoms with Gasteiger partial charge in [0.25, 0.3) is 5.91 Å². The Morgan fingerprint density at radius 1 is 1.00 bits per heavy atom. The van der Waals surface area contributed by atoms with E-state index in [0.29, 0.717) is 22.9 Å². The summed E-state index contributed by atoms with van der Waals surface area (Å²) < 4.78 is 10.4. The monoisotopic (exact) mass is 351 g/mol. The molecule has 7 nitrogen and oxygen atoms in total. The highest BCUT2D eigenvalue weighted by atomic mass is 16.5. The third-order valence-corrected chi connectivity index (χ3v) is 3.70. The fourth-order valence-corrected chi connectivity index (χ4v) is 2.45. The van der Waals surface area contributed by atoms with Gasteiger partial charge in [-0.3, -0.25) is 4.79 Å². The van der Waals surface area contributed by atoms with Crippen LogP contribution in [0.2, 0.25) is 0 Å². The maximum absolute atomic E-state index is 12.5. The zero-order valence-corrected chi connectivity index (χ0v) is 14.3. The number of carbonyl (C=O) groups excluding carboxylic acids is 1. The average Bonchev–Trinajstić information content (AvgIpc) is 2.68. The van der Waals surface area contributed by atoms with Crippen LogP contribution in [0.4, 0.5) is 5.69 Å². The summed E-state index contributed by atoms with van der Waals surface area (Å²) in [5.74, 6) is 0.571. The van der Waals surface area contributed by atoms with E-state index in [4.69, 9.17) is 9.47 Å². The van der Waals surface area contributed by atoms with Crippen LogP contribution < -0.4 is 20.5 Å². The lowest BCUT2D eigenvalue weighted by atomic mass is 10.1. The molecular formula is C19H17N3O4. The molecule has 0 bridgehead atoms. The molecule has 0 saturated carbocycles. The number of rotatable bonds is 5. The van der Waals surface area contributed by atoms with Crippen molar-refractivity contribution in [2.45, 2.75) is 0 Å². The van der Waals surface area contributed by atoms with Gasteiger partial charge in [-0.25, -0.2) is 4.79 Å². The molecule has 3 rings (SSSR count). The molecule has 0 saturated heterocycles. The number of aromatic nitrogens is 2.